The molecule has 1 aliphatic carbocycles. The van der Waals surface area contributed by atoms with Gasteiger partial charge >= 0.3 is 0 Å². The molecule has 1 saturated carbocycles. The third kappa shape index (κ3) is 2.38. The van der Waals surface area contributed by atoms with Crippen LogP contribution in [0.4, 0.5) is 0 Å². The average Bonchev–Trinajstić information content (AvgIpc) is 2.48. The normalized spacial score (nSPS) is 21.1. The molecule has 0 bridgehead atoms. The van der Waals surface area contributed by atoms with E-state index in [-0.39, 0.29) is 0 Å². The monoisotopic (exact) mass is 268 g/mol. The number of benzene rings is 2. The Kier molecular flexibility index (Phi) is 3.64. The molecule has 2 aromatic carbocycles. The maximum atomic E-state index is 5.22. The second kappa shape index (κ2) is 5.58. The predicted octanol–water partition coefficient (Wildman–Crippen LogP) is 4.37. The van der Waals surface area contributed by atoms with Gasteiger partial charge in [-0.2, -0.15) is 0 Å². The molecule has 1 fully saturated rings. The standard InChI is InChI=1S/C18H20O2/c1-19-15-7-3-13(4-8-15)17-11-12-18(17)14-5-9-16(20-2)10-6-14/h3-10,17-18H,11-12H2,1-2H3/t17-,18-/m1/s1. The highest BCUT2D eigenvalue weighted by atomic mass is 16.5. The molecule has 2 atom stereocenters. The van der Waals surface area contributed by atoms with Crippen LogP contribution in [0.25, 0.3) is 0 Å². The number of rotatable bonds is 4. The Balaban J connectivity index is 1.77. The molecule has 0 unspecified atom stereocenters. The number of ether oxygens (including phenoxy) is 2. The van der Waals surface area contributed by atoms with Crippen molar-refractivity contribution in [1.82, 2.24) is 0 Å². The maximum absolute atomic E-state index is 5.22. The van der Waals surface area contributed by atoms with Gasteiger partial charge < -0.3 is 9.47 Å². The summed E-state index contributed by atoms with van der Waals surface area (Å²) in [6.07, 6.45) is 2.53. The van der Waals surface area contributed by atoms with Crippen molar-refractivity contribution in [2.45, 2.75) is 24.7 Å². The zero-order valence-electron chi connectivity index (χ0n) is 12.0. The fourth-order valence-electron chi connectivity index (χ4n) is 3.00. The summed E-state index contributed by atoms with van der Waals surface area (Å²) in [5.41, 5.74) is 2.83. The molecule has 0 radical (unpaired) electrons. The van der Waals surface area contributed by atoms with Crippen molar-refractivity contribution < 1.29 is 9.47 Å². The molecule has 2 aromatic rings. The van der Waals surface area contributed by atoms with E-state index in [9.17, 15) is 0 Å². The lowest BCUT2D eigenvalue weighted by Gasteiger charge is -2.37. The zero-order valence-corrected chi connectivity index (χ0v) is 12.0. The van der Waals surface area contributed by atoms with Gasteiger partial charge in [0.15, 0.2) is 0 Å². The SMILES string of the molecule is COc1ccc([C@H]2CC[C@@H]2c2ccc(OC)cc2)cc1. The second-order valence-electron chi connectivity index (χ2n) is 5.34. The van der Waals surface area contributed by atoms with Crippen LogP contribution < -0.4 is 9.47 Å². The minimum atomic E-state index is 0.634. The van der Waals surface area contributed by atoms with Crippen molar-refractivity contribution in [1.29, 1.82) is 0 Å². The first-order valence-electron chi connectivity index (χ1n) is 7.09. The summed E-state index contributed by atoms with van der Waals surface area (Å²) in [6, 6.07) is 17.0. The van der Waals surface area contributed by atoms with Gasteiger partial charge in [-0.15, -0.1) is 0 Å². The van der Waals surface area contributed by atoms with Gasteiger partial charge in [0, 0.05) is 0 Å². The molecule has 0 aromatic heterocycles. The summed E-state index contributed by atoms with van der Waals surface area (Å²) in [5, 5.41) is 0. The second-order valence-corrected chi connectivity index (χ2v) is 5.34. The first-order chi connectivity index (χ1) is 9.81. The quantitative estimate of drug-likeness (QED) is 0.820. The number of hydrogen-bond acceptors (Lipinski definition) is 2. The Hall–Kier alpha value is -1.96. The van der Waals surface area contributed by atoms with E-state index in [1.165, 1.54) is 24.0 Å². The molecule has 0 N–H and O–H groups in total. The lowest BCUT2D eigenvalue weighted by molar-refractivity contribution is 0.345. The summed E-state index contributed by atoms with van der Waals surface area (Å²) in [4.78, 5) is 0. The van der Waals surface area contributed by atoms with Crippen LogP contribution in [0.15, 0.2) is 48.5 Å². The Morgan fingerprint density at radius 2 is 1.00 bits per heavy atom. The lowest BCUT2D eigenvalue weighted by Crippen LogP contribution is -2.21. The Morgan fingerprint density at radius 3 is 1.25 bits per heavy atom. The van der Waals surface area contributed by atoms with Gasteiger partial charge in [-0.1, -0.05) is 24.3 Å². The van der Waals surface area contributed by atoms with E-state index in [1.54, 1.807) is 14.2 Å². The molecule has 3 rings (SSSR count). The Morgan fingerprint density at radius 1 is 0.650 bits per heavy atom. The molecule has 20 heavy (non-hydrogen) atoms. The Labute approximate surface area is 120 Å². The van der Waals surface area contributed by atoms with E-state index in [2.05, 4.69) is 48.5 Å². The third-order valence-corrected chi connectivity index (χ3v) is 4.36. The van der Waals surface area contributed by atoms with Gasteiger partial charge in [0.2, 0.25) is 0 Å². The largest absolute Gasteiger partial charge is 0.497 e. The van der Waals surface area contributed by atoms with E-state index in [1.807, 2.05) is 0 Å². The fraction of sp³-hybridized carbons (Fsp3) is 0.333. The molecule has 1 aliphatic rings. The van der Waals surface area contributed by atoms with E-state index in [0.717, 1.165) is 11.5 Å². The summed E-state index contributed by atoms with van der Waals surface area (Å²) in [5.74, 6) is 3.12. The molecule has 0 saturated heterocycles. The predicted molar refractivity (Wildman–Crippen MR) is 80.7 cm³/mol. The topological polar surface area (TPSA) is 18.5 Å². The van der Waals surface area contributed by atoms with Gasteiger partial charge in [-0.25, -0.2) is 0 Å². The van der Waals surface area contributed by atoms with Crippen molar-refractivity contribution in [3.63, 3.8) is 0 Å². The van der Waals surface area contributed by atoms with Gasteiger partial charge in [0.05, 0.1) is 14.2 Å². The molecule has 104 valence electrons. The molecule has 0 spiro atoms. The van der Waals surface area contributed by atoms with Gasteiger partial charge in [0.1, 0.15) is 11.5 Å². The van der Waals surface area contributed by atoms with Crippen molar-refractivity contribution in [3.05, 3.63) is 59.7 Å². The van der Waals surface area contributed by atoms with Crippen LogP contribution in [0.2, 0.25) is 0 Å². The summed E-state index contributed by atoms with van der Waals surface area (Å²) < 4.78 is 10.4. The molecule has 2 nitrogen and oxygen atoms in total. The van der Waals surface area contributed by atoms with E-state index in [4.69, 9.17) is 9.47 Å². The summed E-state index contributed by atoms with van der Waals surface area (Å²) in [7, 11) is 3.41. The maximum Gasteiger partial charge on any atom is 0.118 e. The van der Waals surface area contributed by atoms with Gasteiger partial charge in [-0.3, -0.25) is 0 Å². The number of methoxy groups -OCH3 is 2. The molecular formula is C18H20O2. The summed E-state index contributed by atoms with van der Waals surface area (Å²) >= 11 is 0. The van der Waals surface area contributed by atoms with Crippen molar-refractivity contribution in [2.75, 3.05) is 14.2 Å². The van der Waals surface area contributed by atoms with Crippen LogP contribution in [0, 0.1) is 0 Å². The highest BCUT2D eigenvalue weighted by Crippen LogP contribution is 2.49. The molecule has 0 amide bonds. The third-order valence-electron chi connectivity index (χ3n) is 4.36. The van der Waals surface area contributed by atoms with Crippen LogP contribution in [0.3, 0.4) is 0 Å². The van der Waals surface area contributed by atoms with Crippen LogP contribution >= 0.6 is 0 Å². The molecule has 2 heteroatoms. The first kappa shape index (κ1) is 13.0. The Bertz CT molecular complexity index is 503. The number of hydrogen-bond donors (Lipinski definition) is 0. The van der Waals surface area contributed by atoms with Crippen LogP contribution in [0.5, 0.6) is 11.5 Å². The van der Waals surface area contributed by atoms with Gasteiger partial charge in [-0.05, 0) is 60.1 Å². The summed E-state index contributed by atoms with van der Waals surface area (Å²) in [6.45, 7) is 0. The van der Waals surface area contributed by atoms with Crippen LogP contribution in [-0.4, -0.2) is 14.2 Å². The molecule has 0 heterocycles. The minimum absolute atomic E-state index is 0.634. The molecular weight excluding hydrogens is 248 g/mol. The highest BCUT2D eigenvalue weighted by Gasteiger charge is 2.33. The van der Waals surface area contributed by atoms with Crippen molar-refractivity contribution in [3.8, 4) is 11.5 Å². The smallest absolute Gasteiger partial charge is 0.118 e. The fourth-order valence-corrected chi connectivity index (χ4v) is 3.00. The zero-order chi connectivity index (χ0) is 13.9. The van der Waals surface area contributed by atoms with Crippen LogP contribution in [0.1, 0.15) is 35.8 Å². The van der Waals surface area contributed by atoms with E-state index < -0.39 is 0 Å². The van der Waals surface area contributed by atoms with Crippen molar-refractivity contribution in [2.24, 2.45) is 0 Å². The minimum Gasteiger partial charge on any atom is -0.497 e. The lowest BCUT2D eigenvalue weighted by atomic mass is 9.67. The van der Waals surface area contributed by atoms with E-state index in [0.29, 0.717) is 11.8 Å². The van der Waals surface area contributed by atoms with Crippen LogP contribution in [-0.2, 0) is 0 Å². The molecule has 0 aliphatic heterocycles. The van der Waals surface area contributed by atoms with Gasteiger partial charge in [0.25, 0.3) is 0 Å². The highest BCUT2D eigenvalue weighted by molar-refractivity contribution is 5.37. The van der Waals surface area contributed by atoms with Crippen molar-refractivity contribution >= 4 is 0 Å². The average molecular weight is 268 g/mol. The van der Waals surface area contributed by atoms with E-state index >= 15 is 0 Å². The first-order valence-corrected chi connectivity index (χ1v) is 7.09.